The van der Waals surface area contributed by atoms with Crippen LogP contribution in [0.15, 0.2) is 35.5 Å². The van der Waals surface area contributed by atoms with E-state index in [2.05, 4.69) is 23.6 Å². The number of hydrogen-bond acceptors (Lipinski definition) is 3. The van der Waals surface area contributed by atoms with Gasteiger partial charge in [0.1, 0.15) is 5.82 Å². The van der Waals surface area contributed by atoms with Crippen LogP contribution in [0.2, 0.25) is 0 Å². The first-order valence-electron chi connectivity index (χ1n) is 6.42. The van der Waals surface area contributed by atoms with Gasteiger partial charge in [-0.15, -0.1) is 0 Å². The van der Waals surface area contributed by atoms with Crippen LogP contribution in [0.3, 0.4) is 0 Å². The molecule has 6 heteroatoms. The van der Waals surface area contributed by atoms with Crippen molar-refractivity contribution in [1.29, 1.82) is 0 Å². The molecule has 2 aromatic rings. The van der Waals surface area contributed by atoms with Crippen LogP contribution in [-0.4, -0.2) is 18.0 Å². The van der Waals surface area contributed by atoms with E-state index in [0.29, 0.717) is 17.4 Å². The van der Waals surface area contributed by atoms with Gasteiger partial charge in [0.05, 0.1) is 0 Å². The predicted molar refractivity (Wildman–Crippen MR) is 79.3 cm³/mol. The molecule has 1 N–H and O–H groups in total. The van der Waals surface area contributed by atoms with Crippen LogP contribution in [0.25, 0.3) is 0 Å². The van der Waals surface area contributed by atoms with Gasteiger partial charge in [-0.3, -0.25) is 4.72 Å². The molecule has 108 valence electrons. The summed E-state index contributed by atoms with van der Waals surface area (Å²) in [7, 11) is -1.87. The van der Waals surface area contributed by atoms with Crippen LogP contribution in [-0.2, 0) is 17.1 Å². The number of hydrogen-bond donors (Lipinski definition) is 1. The van der Waals surface area contributed by atoms with E-state index in [1.54, 1.807) is 30.7 Å². The Labute approximate surface area is 119 Å². The molecule has 0 radical (unpaired) electrons. The van der Waals surface area contributed by atoms with E-state index in [9.17, 15) is 8.42 Å². The molecule has 1 heterocycles. The minimum absolute atomic E-state index is 0.0328. The Bertz CT molecular complexity index is 681. The van der Waals surface area contributed by atoms with Crippen LogP contribution in [0.1, 0.15) is 31.2 Å². The van der Waals surface area contributed by atoms with Crippen LogP contribution in [0.5, 0.6) is 0 Å². The molecule has 0 spiro atoms. The molecule has 0 amide bonds. The molecule has 0 aliphatic carbocycles. The van der Waals surface area contributed by atoms with Crippen molar-refractivity contribution in [2.45, 2.75) is 31.7 Å². The second kappa shape index (κ2) is 5.28. The molecule has 1 aromatic carbocycles. The molecular weight excluding hydrogens is 274 g/mol. The summed E-state index contributed by atoms with van der Waals surface area (Å²) in [4.78, 5) is 4.04. The number of nitrogens with zero attached hydrogens (tertiary/aromatic N) is 2. The Morgan fingerprint density at radius 2 is 1.80 bits per heavy atom. The number of nitrogens with one attached hydrogen (secondary N) is 1. The van der Waals surface area contributed by atoms with Crippen molar-refractivity contribution >= 4 is 15.7 Å². The fraction of sp³-hybridized carbons (Fsp3) is 0.357. The number of benzene rings is 1. The van der Waals surface area contributed by atoms with Crippen molar-refractivity contribution in [3.8, 4) is 0 Å². The molecule has 2 rings (SSSR count). The van der Waals surface area contributed by atoms with Crippen LogP contribution in [0, 0.1) is 6.92 Å². The largest absolute Gasteiger partial charge is 0.337 e. The second-order valence-electron chi connectivity index (χ2n) is 5.12. The van der Waals surface area contributed by atoms with Gasteiger partial charge in [0, 0.05) is 18.9 Å². The van der Waals surface area contributed by atoms with Crippen molar-refractivity contribution in [3.05, 3.63) is 41.9 Å². The summed E-state index contributed by atoms with van der Waals surface area (Å²) >= 11 is 0. The maximum Gasteiger partial charge on any atom is 0.280 e. The molecule has 0 fully saturated rings. The standard InChI is InChI=1S/C14H19N3O2S/c1-10(2)12-5-7-13(8-6-12)16-20(18,19)14-9-17(4)11(3)15-14/h5-10,16H,1-4H3. The SMILES string of the molecule is Cc1nc(S(=O)(=O)Nc2ccc(C(C)C)cc2)cn1C. The van der Waals surface area contributed by atoms with E-state index in [1.807, 2.05) is 12.1 Å². The summed E-state index contributed by atoms with van der Waals surface area (Å²) in [6.07, 6.45) is 1.50. The lowest BCUT2D eigenvalue weighted by atomic mass is 10.0. The summed E-state index contributed by atoms with van der Waals surface area (Å²) in [6, 6.07) is 7.38. The maximum atomic E-state index is 12.2. The zero-order chi connectivity index (χ0) is 14.9. The first kappa shape index (κ1) is 14.6. The Balaban J connectivity index is 2.24. The Morgan fingerprint density at radius 3 is 2.25 bits per heavy atom. The highest BCUT2D eigenvalue weighted by Crippen LogP contribution is 2.19. The third-order valence-corrected chi connectivity index (χ3v) is 4.44. The van der Waals surface area contributed by atoms with Crippen LogP contribution < -0.4 is 4.72 Å². The maximum absolute atomic E-state index is 12.2. The van der Waals surface area contributed by atoms with E-state index in [4.69, 9.17) is 0 Å². The topological polar surface area (TPSA) is 64.0 Å². The molecule has 0 atom stereocenters. The molecule has 20 heavy (non-hydrogen) atoms. The van der Waals surface area contributed by atoms with Crippen LogP contribution in [0.4, 0.5) is 5.69 Å². The van der Waals surface area contributed by atoms with Gasteiger partial charge in [-0.05, 0) is 30.5 Å². The predicted octanol–water partition coefficient (Wildman–Crippen LogP) is 2.65. The third kappa shape index (κ3) is 3.01. The van der Waals surface area contributed by atoms with E-state index < -0.39 is 10.0 Å². The minimum Gasteiger partial charge on any atom is -0.337 e. The van der Waals surface area contributed by atoms with E-state index in [0.717, 1.165) is 0 Å². The molecule has 0 unspecified atom stereocenters. The van der Waals surface area contributed by atoms with Gasteiger partial charge in [-0.25, -0.2) is 4.98 Å². The lowest BCUT2D eigenvalue weighted by Crippen LogP contribution is -2.13. The van der Waals surface area contributed by atoms with Crippen molar-refractivity contribution in [2.75, 3.05) is 4.72 Å². The summed E-state index contributed by atoms with van der Waals surface area (Å²) < 4.78 is 28.6. The Kier molecular flexibility index (Phi) is 3.85. The van der Waals surface area contributed by atoms with Gasteiger partial charge in [-0.2, -0.15) is 8.42 Å². The number of sulfonamides is 1. The summed E-state index contributed by atoms with van der Waals surface area (Å²) in [5, 5.41) is 0.0328. The smallest absolute Gasteiger partial charge is 0.280 e. The molecule has 0 saturated heterocycles. The minimum atomic E-state index is -3.63. The van der Waals surface area contributed by atoms with Gasteiger partial charge in [0.15, 0.2) is 5.03 Å². The van der Waals surface area contributed by atoms with Crippen molar-refractivity contribution in [2.24, 2.45) is 7.05 Å². The molecule has 1 aromatic heterocycles. The third-order valence-electron chi connectivity index (χ3n) is 3.19. The highest BCUT2D eigenvalue weighted by molar-refractivity contribution is 7.92. The molecule has 0 aliphatic heterocycles. The fourth-order valence-electron chi connectivity index (χ4n) is 1.80. The summed E-state index contributed by atoms with van der Waals surface area (Å²) in [5.41, 5.74) is 1.71. The fourth-order valence-corrected chi connectivity index (χ4v) is 2.90. The van der Waals surface area contributed by atoms with Gasteiger partial charge in [0.2, 0.25) is 0 Å². The van der Waals surface area contributed by atoms with Crippen LogP contribution >= 0.6 is 0 Å². The second-order valence-corrected chi connectivity index (χ2v) is 6.75. The van der Waals surface area contributed by atoms with Crippen molar-refractivity contribution < 1.29 is 8.42 Å². The molecule has 5 nitrogen and oxygen atoms in total. The first-order chi connectivity index (χ1) is 9.29. The van der Waals surface area contributed by atoms with E-state index >= 15 is 0 Å². The average molecular weight is 293 g/mol. The van der Waals surface area contributed by atoms with E-state index in [1.165, 1.54) is 11.8 Å². The van der Waals surface area contributed by atoms with Crippen molar-refractivity contribution in [1.82, 2.24) is 9.55 Å². The highest BCUT2D eigenvalue weighted by atomic mass is 32.2. The average Bonchev–Trinajstić information content (AvgIpc) is 2.71. The number of imidazole rings is 1. The molecule has 0 bridgehead atoms. The first-order valence-corrected chi connectivity index (χ1v) is 7.90. The summed E-state index contributed by atoms with van der Waals surface area (Å²) in [5.74, 6) is 1.07. The highest BCUT2D eigenvalue weighted by Gasteiger charge is 2.18. The Morgan fingerprint density at radius 1 is 1.20 bits per heavy atom. The number of aryl methyl sites for hydroxylation is 2. The lowest BCUT2D eigenvalue weighted by molar-refractivity contribution is 0.598. The lowest BCUT2D eigenvalue weighted by Gasteiger charge is -2.08. The van der Waals surface area contributed by atoms with Gasteiger partial charge < -0.3 is 4.57 Å². The molecule has 0 aliphatic rings. The van der Waals surface area contributed by atoms with Crippen molar-refractivity contribution in [3.63, 3.8) is 0 Å². The zero-order valence-electron chi connectivity index (χ0n) is 12.1. The summed E-state index contributed by atoms with van der Waals surface area (Å²) in [6.45, 7) is 5.95. The normalized spacial score (nSPS) is 11.8. The van der Waals surface area contributed by atoms with Gasteiger partial charge in [-0.1, -0.05) is 26.0 Å². The monoisotopic (exact) mass is 293 g/mol. The zero-order valence-corrected chi connectivity index (χ0v) is 12.9. The Hall–Kier alpha value is -1.82. The number of aromatic nitrogens is 2. The van der Waals surface area contributed by atoms with Gasteiger partial charge >= 0.3 is 0 Å². The molecular formula is C14H19N3O2S. The van der Waals surface area contributed by atoms with E-state index in [-0.39, 0.29) is 5.03 Å². The van der Waals surface area contributed by atoms with Gasteiger partial charge in [0.25, 0.3) is 10.0 Å². The molecule has 0 saturated carbocycles. The number of anilines is 1. The number of rotatable bonds is 4. The quantitative estimate of drug-likeness (QED) is 0.942.